The van der Waals surface area contributed by atoms with Crippen LogP contribution in [0, 0.1) is 6.92 Å². The van der Waals surface area contributed by atoms with Gasteiger partial charge in [0, 0.05) is 11.0 Å². The molecule has 0 radical (unpaired) electrons. The molecule has 0 aliphatic carbocycles. The fraction of sp³-hybridized carbons (Fsp3) is 0.304. The Balaban J connectivity index is 1.65. The smallest absolute Gasteiger partial charge is 0.253 e. The molecule has 2 N–H and O–H groups in total. The Hall–Kier alpha value is -2.85. The Morgan fingerprint density at radius 2 is 1.97 bits per heavy atom. The summed E-state index contributed by atoms with van der Waals surface area (Å²) < 4.78 is 7.94. The van der Waals surface area contributed by atoms with E-state index in [1.165, 1.54) is 11.8 Å². The van der Waals surface area contributed by atoms with Crippen molar-refractivity contribution in [3.63, 3.8) is 0 Å². The topological polar surface area (TPSA) is 98.1 Å². The van der Waals surface area contributed by atoms with Crippen LogP contribution in [0.25, 0.3) is 0 Å². The SMILES string of the molecule is CCn1c(SCC(=O)Nc2cc(C)ccc2OC)nnc1C(C)NC(=O)c1ccccc1Br. The third-order valence-electron chi connectivity index (χ3n) is 4.88. The average molecular weight is 532 g/mol. The fourth-order valence-electron chi connectivity index (χ4n) is 3.24. The van der Waals surface area contributed by atoms with Gasteiger partial charge in [0.25, 0.3) is 5.91 Å². The standard InChI is InChI=1S/C23H26BrN5O3S/c1-5-29-21(15(3)25-22(31)16-8-6-7-9-17(16)24)27-28-23(29)33-13-20(30)26-18-12-14(2)10-11-19(18)32-4/h6-12,15H,5,13H2,1-4H3,(H,25,31)(H,26,30). The van der Waals surface area contributed by atoms with Gasteiger partial charge in [-0.3, -0.25) is 9.59 Å². The number of anilines is 1. The molecule has 174 valence electrons. The molecule has 8 nitrogen and oxygen atoms in total. The number of benzene rings is 2. The molecule has 0 aliphatic heterocycles. The lowest BCUT2D eigenvalue weighted by atomic mass is 10.2. The molecule has 1 aromatic heterocycles. The quantitative estimate of drug-likeness (QED) is 0.391. The summed E-state index contributed by atoms with van der Waals surface area (Å²) in [6.45, 7) is 6.38. The number of hydrogen-bond donors (Lipinski definition) is 2. The van der Waals surface area contributed by atoms with E-state index in [1.54, 1.807) is 13.2 Å². The monoisotopic (exact) mass is 531 g/mol. The summed E-state index contributed by atoms with van der Waals surface area (Å²) in [4.78, 5) is 25.2. The molecule has 0 bridgehead atoms. The lowest BCUT2D eigenvalue weighted by Crippen LogP contribution is -2.29. The molecule has 1 atom stereocenters. The van der Waals surface area contributed by atoms with Gasteiger partial charge in [-0.25, -0.2) is 0 Å². The van der Waals surface area contributed by atoms with E-state index in [0.717, 1.165) is 10.0 Å². The number of aromatic nitrogens is 3. The van der Waals surface area contributed by atoms with Crippen molar-refractivity contribution in [3.8, 4) is 5.75 Å². The normalized spacial score (nSPS) is 11.7. The Morgan fingerprint density at radius 1 is 1.21 bits per heavy atom. The second-order valence-electron chi connectivity index (χ2n) is 7.30. The van der Waals surface area contributed by atoms with E-state index in [0.29, 0.717) is 34.5 Å². The second kappa shape index (κ2) is 11.3. The zero-order chi connectivity index (χ0) is 24.0. The van der Waals surface area contributed by atoms with Crippen LogP contribution in [0.5, 0.6) is 5.75 Å². The number of methoxy groups -OCH3 is 1. The summed E-state index contributed by atoms with van der Waals surface area (Å²) in [7, 11) is 1.57. The van der Waals surface area contributed by atoms with Crippen molar-refractivity contribution in [2.24, 2.45) is 0 Å². The predicted octanol–water partition coefficient (Wildman–Crippen LogP) is 4.60. The van der Waals surface area contributed by atoms with Gasteiger partial charge in [-0.15, -0.1) is 10.2 Å². The maximum atomic E-state index is 12.7. The Bertz CT molecular complexity index is 1150. The van der Waals surface area contributed by atoms with Crippen molar-refractivity contribution in [2.45, 2.75) is 38.5 Å². The minimum absolute atomic E-state index is 0.160. The number of nitrogens with zero attached hydrogens (tertiary/aromatic N) is 3. The second-order valence-corrected chi connectivity index (χ2v) is 9.10. The minimum Gasteiger partial charge on any atom is -0.495 e. The lowest BCUT2D eigenvalue weighted by molar-refractivity contribution is -0.113. The van der Waals surface area contributed by atoms with Crippen molar-refractivity contribution < 1.29 is 14.3 Å². The number of rotatable bonds is 9. The van der Waals surface area contributed by atoms with E-state index in [9.17, 15) is 9.59 Å². The van der Waals surface area contributed by atoms with Crippen molar-refractivity contribution in [2.75, 3.05) is 18.2 Å². The van der Waals surface area contributed by atoms with Crippen molar-refractivity contribution >= 4 is 45.2 Å². The number of amides is 2. The molecule has 10 heteroatoms. The maximum absolute atomic E-state index is 12.7. The van der Waals surface area contributed by atoms with E-state index >= 15 is 0 Å². The zero-order valence-electron chi connectivity index (χ0n) is 18.9. The van der Waals surface area contributed by atoms with E-state index in [-0.39, 0.29) is 23.6 Å². The zero-order valence-corrected chi connectivity index (χ0v) is 21.3. The van der Waals surface area contributed by atoms with E-state index in [4.69, 9.17) is 4.74 Å². The molecular formula is C23H26BrN5O3S. The van der Waals surface area contributed by atoms with E-state index < -0.39 is 0 Å². The first kappa shape index (κ1) is 24.8. The number of carbonyl (C=O) groups is 2. The summed E-state index contributed by atoms with van der Waals surface area (Å²) in [6, 6.07) is 12.5. The highest BCUT2D eigenvalue weighted by molar-refractivity contribution is 9.10. The number of hydrogen-bond acceptors (Lipinski definition) is 6. The van der Waals surface area contributed by atoms with E-state index in [2.05, 4.69) is 36.8 Å². The van der Waals surface area contributed by atoms with Gasteiger partial charge in [0.1, 0.15) is 5.75 Å². The third-order valence-corrected chi connectivity index (χ3v) is 6.53. The highest BCUT2D eigenvalue weighted by Gasteiger charge is 2.21. The molecule has 0 spiro atoms. The lowest BCUT2D eigenvalue weighted by Gasteiger charge is -2.15. The molecule has 3 rings (SSSR count). The molecule has 3 aromatic rings. The molecule has 0 saturated heterocycles. The van der Waals surface area contributed by atoms with Gasteiger partial charge in [0.15, 0.2) is 11.0 Å². The summed E-state index contributed by atoms with van der Waals surface area (Å²) in [5, 5.41) is 15.0. The average Bonchev–Trinajstić information content (AvgIpc) is 3.21. The summed E-state index contributed by atoms with van der Waals surface area (Å²) >= 11 is 4.69. The van der Waals surface area contributed by atoms with Gasteiger partial charge in [-0.05, 0) is 66.5 Å². The number of nitrogens with one attached hydrogen (secondary N) is 2. The van der Waals surface area contributed by atoms with Crippen molar-refractivity contribution in [1.82, 2.24) is 20.1 Å². The van der Waals surface area contributed by atoms with Crippen LogP contribution in [0.15, 0.2) is 52.1 Å². The van der Waals surface area contributed by atoms with Crippen molar-refractivity contribution in [1.29, 1.82) is 0 Å². The summed E-state index contributed by atoms with van der Waals surface area (Å²) in [6.07, 6.45) is 0. The first-order chi connectivity index (χ1) is 15.8. The molecule has 1 heterocycles. The van der Waals surface area contributed by atoms with Gasteiger partial charge >= 0.3 is 0 Å². The Morgan fingerprint density at radius 3 is 2.67 bits per heavy atom. The van der Waals surface area contributed by atoms with Crippen LogP contribution < -0.4 is 15.4 Å². The van der Waals surface area contributed by atoms with E-state index in [1.807, 2.05) is 61.7 Å². The van der Waals surface area contributed by atoms with Gasteiger partial charge < -0.3 is 19.9 Å². The van der Waals surface area contributed by atoms with Gasteiger partial charge in [-0.1, -0.05) is 30.0 Å². The van der Waals surface area contributed by atoms with Gasteiger partial charge in [-0.2, -0.15) is 0 Å². The third kappa shape index (κ3) is 6.14. The summed E-state index contributed by atoms with van der Waals surface area (Å²) in [5.41, 5.74) is 2.20. The number of carbonyl (C=O) groups excluding carboxylic acids is 2. The van der Waals surface area contributed by atoms with Crippen LogP contribution in [0.2, 0.25) is 0 Å². The first-order valence-electron chi connectivity index (χ1n) is 10.4. The highest BCUT2D eigenvalue weighted by Crippen LogP contribution is 2.26. The van der Waals surface area contributed by atoms with Gasteiger partial charge in [0.05, 0.1) is 30.2 Å². The first-order valence-corrected chi connectivity index (χ1v) is 12.2. The molecular weight excluding hydrogens is 506 g/mol. The van der Waals surface area contributed by atoms with Crippen LogP contribution in [-0.4, -0.2) is 39.4 Å². The molecule has 0 aliphatic rings. The number of thioether (sulfide) groups is 1. The maximum Gasteiger partial charge on any atom is 0.253 e. The largest absolute Gasteiger partial charge is 0.495 e. The fourth-order valence-corrected chi connectivity index (χ4v) is 4.52. The highest BCUT2D eigenvalue weighted by atomic mass is 79.9. The minimum atomic E-state index is -0.364. The summed E-state index contributed by atoms with van der Waals surface area (Å²) in [5.74, 6) is 1.01. The molecule has 2 aromatic carbocycles. The molecule has 0 saturated carbocycles. The molecule has 0 fully saturated rings. The number of halogens is 1. The molecule has 1 unspecified atom stereocenters. The van der Waals surface area contributed by atoms with Gasteiger partial charge in [0.2, 0.25) is 5.91 Å². The van der Waals surface area contributed by atoms with Crippen LogP contribution >= 0.6 is 27.7 Å². The van der Waals surface area contributed by atoms with Crippen LogP contribution in [-0.2, 0) is 11.3 Å². The van der Waals surface area contributed by atoms with Crippen molar-refractivity contribution in [3.05, 3.63) is 63.9 Å². The molecule has 2 amide bonds. The molecule has 33 heavy (non-hydrogen) atoms. The predicted molar refractivity (Wildman–Crippen MR) is 133 cm³/mol. The van der Waals surface area contributed by atoms with Crippen LogP contribution in [0.4, 0.5) is 5.69 Å². The number of ether oxygens (including phenoxy) is 1. The Labute approximate surface area is 205 Å². The van der Waals surface area contributed by atoms with Crippen LogP contribution in [0.1, 0.15) is 41.6 Å². The Kier molecular flexibility index (Phi) is 8.51. The van der Waals surface area contributed by atoms with Crippen LogP contribution in [0.3, 0.4) is 0 Å². The number of aryl methyl sites for hydroxylation is 1.